The highest BCUT2D eigenvalue weighted by molar-refractivity contribution is 6.44. The number of halogens is 2. The molecular formula is C15H18Cl2N4O2. The summed E-state index contributed by atoms with van der Waals surface area (Å²) in [5.74, 6) is 0.924. The van der Waals surface area contributed by atoms with Gasteiger partial charge in [-0.15, -0.1) is 0 Å². The van der Waals surface area contributed by atoms with Crippen LogP contribution in [0.4, 0.5) is 5.69 Å². The molecule has 0 saturated heterocycles. The van der Waals surface area contributed by atoms with Crippen LogP contribution in [0.3, 0.4) is 0 Å². The number of benzene rings is 1. The number of likely N-dealkylation sites (N-methyl/N-ethyl adjacent to an activating group) is 1. The fourth-order valence-corrected chi connectivity index (χ4v) is 2.23. The minimum absolute atomic E-state index is 0.202. The smallest absolute Gasteiger partial charge is 0.241 e. The second-order valence-corrected chi connectivity index (χ2v) is 5.92. The fourth-order valence-electron chi connectivity index (χ4n) is 1.89. The van der Waals surface area contributed by atoms with Crippen molar-refractivity contribution in [2.45, 2.75) is 32.9 Å². The third kappa shape index (κ3) is 4.43. The van der Waals surface area contributed by atoms with Crippen molar-refractivity contribution in [2.75, 3.05) is 12.4 Å². The molecule has 0 bridgehead atoms. The molecule has 1 heterocycles. The van der Waals surface area contributed by atoms with Gasteiger partial charge in [-0.2, -0.15) is 4.98 Å². The maximum absolute atomic E-state index is 12.3. The largest absolute Gasteiger partial charge is 0.338 e. The molecule has 1 aromatic carbocycles. The predicted octanol–water partition coefficient (Wildman–Crippen LogP) is 3.40. The van der Waals surface area contributed by atoms with Crippen LogP contribution in [0.5, 0.6) is 0 Å². The number of rotatable bonds is 6. The van der Waals surface area contributed by atoms with E-state index in [4.69, 9.17) is 27.7 Å². The fraction of sp³-hybridized carbons (Fsp3) is 0.400. The van der Waals surface area contributed by atoms with Crippen molar-refractivity contribution in [3.63, 3.8) is 0 Å². The van der Waals surface area contributed by atoms with E-state index in [-0.39, 0.29) is 5.91 Å². The molecule has 0 aliphatic heterocycles. The molecule has 0 saturated carbocycles. The van der Waals surface area contributed by atoms with Crippen LogP contribution in [-0.2, 0) is 17.8 Å². The molecule has 1 amide bonds. The van der Waals surface area contributed by atoms with Crippen LogP contribution in [0.25, 0.3) is 0 Å². The summed E-state index contributed by atoms with van der Waals surface area (Å²) in [6.45, 7) is 4.11. The van der Waals surface area contributed by atoms with Gasteiger partial charge in [0.15, 0.2) is 5.82 Å². The topological polar surface area (TPSA) is 71.3 Å². The number of hydrogen-bond donors (Lipinski definition) is 1. The summed E-state index contributed by atoms with van der Waals surface area (Å²) in [6, 6.07) is 4.67. The highest BCUT2D eigenvalue weighted by atomic mass is 35.5. The second kappa shape index (κ2) is 7.77. The Bertz CT molecular complexity index is 690. The van der Waals surface area contributed by atoms with Crippen molar-refractivity contribution in [3.8, 4) is 0 Å². The first-order valence-electron chi connectivity index (χ1n) is 7.19. The van der Waals surface area contributed by atoms with E-state index >= 15 is 0 Å². The van der Waals surface area contributed by atoms with Gasteiger partial charge in [0.2, 0.25) is 11.8 Å². The molecule has 0 aliphatic rings. The summed E-state index contributed by atoms with van der Waals surface area (Å²) in [4.78, 5) is 18.4. The lowest BCUT2D eigenvalue weighted by Gasteiger charge is -2.22. The summed E-state index contributed by atoms with van der Waals surface area (Å²) in [6.07, 6.45) is 0.705. The summed E-state index contributed by atoms with van der Waals surface area (Å²) in [5, 5.41) is 7.32. The number of aryl methyl sites for hydroxylation is 1. The molecule has 0 fully saturated rings. The van der Waals surface area contributed by atoms with Crippen molar-refractivity contribution in [1.82, 2.24) is 15.0 Å². The van der Waals surface area contributed by atoms with Crippen molar-refractivity contribution in [2.24, 2.45) is 0 Å². The second-order valence-electron chi connectivity index (χ2n) is 5.14. The Kier molecular flexibility index (Phi) is 5.98. The lowest BCUT2D eigenvalue weighted by molar-refractivity contribution is -0.120. The molecule has 8 heteroatoms. The van der Waals surface area contributed by atoms with E-state index in [0.717, 1.165) is 0 Å². The molecule has 0 aliphatic carbocycles. The first-order valence-corrected chi connectivity index (χ1v) is 7.94. The monoisotopic (exact) mass is 356 g/mol. The third-order valence-corrected chi connectivity index (χ3v) is 4.28. The van der Waals surface area contributed by atoms with E-state index in [1.807, 2.05) is 6.92 Å². The van der Waals surface area contributed by atoms with Crippen molar-refractivity contribution >= 4 is 34.8 Å². The zero-order valence-electron chi connectivity index (χ0n) is 13.1. The number of nitrogens with one attached hydrogen (secondary N) is 1. The standard InChI is InChI=1S/C15H18Cl2N4O2/c1-4-12-19-13(23-20-12)8-21(3)9(2)15(22)18-11-7-5-6-10(16)14(11)17/h5-7,9H,4,8H2,1-3H3,(H,18,22). The van der Waals surface area contributed by atoms with Crippen LogP contribution in [0, 0.1) is 0 Å². The Morgan fingerprint density at radius 3 is 2.83 bits per heavy atom. The van der Waals surface area contributed by atoms with Gasteiger partial charge >= 0.3 is 0 Å². The van der Waals surface area contributed by atoms with E-state index in [1.54, 1.807) is 37.1 Å². The van der Waals surface area contributed by atoms with Crippen molar-refractivity contribution in [1.29, 1.82) is 0 Å². The number of hydrogen-bond acceptors (Lipinski definition) is 5. The summed E-state index contributed by atoms with van der Waals surface area (Å²) < 4.78 is 5.14. The Labute approximate surface area is 144 Å². The lowest BCUT2D eigenvalue weighted by atomic mass is 10.2. The number of carbonyl (C=O) groups is 1. The van der Waals surface area contributed by atoms with Gasteiger partial charge < -0.3 is 9.84 Å². The molecule has 23 heavy (non-hydrogen) atoms. The minimum atomic E-state index is -0.415. The Morgan fingerprint density at radius 1 is 1.43 bits per heavy atom. The number of amides is 1. The molecular weight excluding hydrogens is 339 g/mol. The van der Waals surface area contributed by atoms with Crippen LogP contribution in [-0.4, -0.2) is 34.0 Å². The van der Waals surface area contributed by atoms with Crippen molar-refractivity contribution < 1.29 is 9.32 Å². The van der Waals surface area contributed by atoms with Gasteiger partial charge in [0.25, 0.3) is 0 Å². The maximum atomic E-state index is 12.3. The molecule has 1 atom stereocenters. The zero-order valence-corrected chi connectivity index (χ0v) is 14.6. The highest BCUT2D eigenvalue weighted by Gasteiger charge is 2.21. The van der Waals surface area contributed by atoms with E-state index < -0.39 is 6.04 Å². The lowest BCUT2D eigenvalue weighted by Crippen LogP contribution is -2.39. The van der Waals surface area contributed by atoms with Crippen LogP contribution in [0.1, 0.15) is 25.6 Å². The molecule has 0 spiro atoms. The van der Waals surface area contributed by atoms with Crippen molar-refractivity contribution in [3.05, 3.63) is 40.0 Å². The maximum Gasteiger partial charge on any atom is 0.241 e. The van der Waals surface area contributed by atoms with Gasteiger partial charge in [-0.05, 0) is 26.1 Å². The number of aromatic nitrogens is 2. The van der Waals surface area contributed by atoms with E-state index in [0.29, 0.717) is 40.4 Å². The SMILES string of the molecule is CCc1noc(CN(C)C(C)C(=O)Nc2cccc(Cl)c2Cl)n1. The van der Waals surface area contributed by atoms with Gasteiger partial charge in [0.1, 0.15) is 0 Å². The number of nitrogens with zero attached hydrogens (tertiary/aromatic N) is 3. The summed E-state index contributed by atoms with van der Waals surface area (Å²) in [5.41, 5.74) is 0.482. The van der Waals surface area contributed by atoms with E-state index in [9.17, 15) is 4.79 Å². The first kappa shape index (κ1) is 17.7. The molecule has 0 radical (unpaired) electrons. The molecule has 2 rings (SSSR count). The number of anilines is 1. The molecule has 1 N–H and O–H groups in total. The van der Waals surface area contributed by atoms with Crippen LogP contribution < -0.4 is 5.32 Å². The average Bonchev–Trinajstić information content (AvgIpc) is 2.98. The Balaban J connectivity index is 1.99. The van der Waals surface area contributed by atoms with Crippen LogP contribution >= 0.6 is 23.2 Å². The van der Waals surface area contributed by atoms with Gasteiger partial charge in [0, 0.05) is 6.42 Å². The number of carbonyl (C=O) groups excluding carboxylic acids is 1. The predicted molar refractivity (Wildman–Crippen MR) is 89.7 cm³/mol. The van der Waals surface area contributed by atoms with Gasteiger partial charge in [-0.3, -0.25) is 9.69 Å². The van der Waals surface area contributed by atoms with E-state index in [1.165, 1.54) is 0 Å². The van der Waals surface area contributed by atoms with Crippen LogP contribution in [0.2, 0.25) is 10.0 Å². The Morgan fingerprint density at radius 2 is 2.17 bits per heavy atom. The van der Waals surface area contributed by atoms with Gasteiger partial charge in [0.05, 0.1) is 28.3 Å². The molecule has 6 nitrogen and oxygen atoms in total. The highest BCUT2D eigenvalue weighted by Crippen LogP contribution is 2.29. The molecule has 2 aromatic rings. The first-order chi connectivity index (χ1) is 10.9. The van der Waals surface area contributed by atoms with Gasteiger partial charge in [-0.25, -0.2) is 0 Å². The van der Waals surface area contributed by atoms with Crippen LogP contribution in [0.15, 0.2) is 22.7 Å². The van der Waals surface area contributed by atoms with E-state index in [2.05, 4.69) is 15.5 Å². The minimum Gasteiger partial charge on any atom is -0.338 e. The quantitative estimate of drug-likeness (QED) is 0.858. The zero-order chi connectivity index (χ0) is 17.0. The summed E-state index contributed by atoms with van der Waals surface area (Å²) >= 11 is 12.0. The summed E-state index contributed by atoms with van der Waals surface area (Å²) in [7, 11) is 1.81. The van der Waals surface area contributed by atoms with Gasteiger partial charge in [-0.1, -0.05) is 41.3 Å². The Hall–Kier alpha value is -1.63. The third-order valence-electron chi connectivity index (χ3n) is 3.46. The molecule has 1 aromatic heterocycles. The molecule has 124 valence electrons. The molecule has 1 unspecified atom stereocenters. The normalized spacial score (nSPS) is 12.4. The average molecular weight is 357 g/mol.